The Balaban J connectivity index is 3.29. The van der Waals surface area contributed by atoms with Gasteiger partial charge in [0.2, 0.25) is 0 Å². The van der Waals surface area contributed by atoms with Crippen molar-refractivity contribution in [2.24, 2.45) is 0 Å². The summed E-state index contributed by atoms with van der Waals surface area (Å²) in [4.78, 5) is -0.0947. The third-order valence-corrected chi connectivity index (χ3v) is 2.73. The molecular weight excluding hydrogens is 205 g/mol. The Labute approximate surface area is 81.7 Å². The maximum Gasteiger partial charge on any atom is 0.175 e. The van der Waals surface area contributed by atoms with E-state index in [1.165, 1.54) is 6.07 Å². The van der Waals surface area contributed by atoms with Crippen LogP contribution in [0.15, 0.2) is 23.1 Å². The summed E-state index contributed by atoms with van der Waals surface area (Å²) in [5.74, 6) is -0.641. The second-order valence-electron chi connectivity index (χ2n) is 2.90. The molecule has 0 bridgehead atoms. The van der Waals surface area contributed by atoms with Gasteiger partial charge in [0, 0.05) is 6.26 Å². The molecule has 1 rings (SSSR count). The first kappa shape index (κ1) is 10.7. The first-order valence-electron chi connectivity index (χ1n) is 3.80. The molecule has 0 heterocycles. The van der Waals surface area contributed by atoms with Crippen LogP contribution in [-0.2, 0) is 16.3 Å². The van der Waals surface area contributed by atoms with E-state index in [0.29, 0.717) is 5.56 Å². The maximum absolute atomic E-state index is 12.9. The number of hydrogen-bond donors (Lipinski definition) is 0. The van der Waals surface area contributed by atoms with Gasteiger partial charge < -0.3 is 0 Å². The molecule has 0 aliphatic carbocycles. The molecule has 1 aromatic carbocycles. The number of sulfone groups is 1. The maximum atomic E-state index is 12.9. The van der Waals surface area contributed by atoms with Crippen LogP contribution in [0.25, 0.3) is 0 Å². The van der Waals surface area contributed by atoms with Gasteiger partial charge in [0.15, 0.2) is 9.84 Å². The highest BCUT2D eigenvalue weighted by Crippen LogP contribution is 2.14. The molecule has 0 spiro atoms. The predicted octanol–water partition coefficient (Wildman–Crippen LogP) is 1.30. The average molecular weight is 213 g/mol. The summed E-state index contributed by atoms with van der Waals surface area (Å²) in [6.07, 6.45) is 0.998. The van der Waals surface area contributed by atoms with Crippen LogP contribution in [0.2, 0.25) is 0 Å². The topological polar surface area (TPSA) is 57.9 Å². The van der Waals surface area contributed by atoms with Crippen molar-refractivity contribution >= 4 is 9.84 Å². The molecule has 5 heteroatoms. The molecule has 3 nitrogen and oxygen atoms in total. The molecule has 0 atom stereocenters. The molecule has 0 radical (unpaired) electrons. The van der Waals surface area contributed by atoms with Crippen molar-refractivity contribution in [2.75, 3.05) is 6.26 Å². The smallest absolute Gasteiger partial charge is 0.175 e. The quantitative estimate of drug-likeness (QED) is 0.743. The van der Waals surface area contributed by atoms with Crippen molar-refractivity contribution in [1.29, 1.82) is 5.26 Å². The van der Waals surface area contributed by atoms with Crippen molar-refractivity contribution in [1.82, 2.24) is 0 Å². The summed E-state index contributed by atoms with van der Waals surface area (Å²) in [5.41, 5.74) is 0.368. The van der Waals surface area contributed by atoms with Crippen molar-refractivity contribution < 1.29 is 12.8 Å². The van der Waals surface area contributed by atoms with E-state index in [4.69, 9.17) is 5.26 Å². The summed E-state index contributed by atoms with van der Waals surface area (Å²) in [6.45, 7) is 0. The number of rotatable bonds is 2. The lowest BCUT2D eigenvalue weighted by Gasteiger charge is -2.01. The van der Waals surface area contributed by atoms with Crippen LogP contribution < -0.4 is 0 Å². The van der Waals surface area contributed by atoms with Crippen molar-refractivity contribution in [3.05, 3.63) is 29.6 Å². The minimum absolute atomic E-state index is 0.000278. The highest BCUT2D eigenvalue weighted by atomic mass is 32.2. The van der Waals surface area contributed by atoms with E-state index < -0.39 is 15.7 Å². The van der Waals surface area contributed by atoms with Gasteiger partial charge in [0.25, 0.3) is 0 Å². The molecule has 0 saturated heterocycles. The van der Waals surface area contributed by atoms with Crippen LogP contribution in [0.5, 0.6) is 0 Å². The zero-order valence-corrected chi connectivity index (χ0v) is 8.31. The molecule has 0 unspecified atom stereocenters. The van der Waals surface area contributed by atoms with E-state index in [1.807, 2.05) is 6.07 Å². The highest BCUT2D eigenvalue weighted by Gasteiger charge is 2.09. The van der Waals surface area contributed by atoms with Crippen molar-refractivity contribution in [3.8, 4) is 6.07 Å². The van der Waals surface area contributed by atoms with Gasteiger partial charge in [-0.15, -0.1) is 0 Å². The van der Waals surface area contributed by atoms with Gasteiger partial charge >= 0.3 is 0 Å². The third kappa shape index (κ3) is 2.54. The second kappa shape index (κ2) is 3.76. The Morgan fingerprint density at radius 1 is 1.43 bits per heavy atom. The van der Waals surface area contributed by atoms with Crippen LogP contribution >= 0.6 is 0 Å². The van der Waals surface area contributed by atoms with E-state index >= 15 is 0 Å². The second-order valence-corrected chi connectivity index (χ2v) is 4.92. The molecule has 0 aliphatic heterocycles. The molecule has 0 aliphatic rings. The largest absolute Gasteiger partial charge is 0.224 e. The van der Waals surface area contributed by atoms with E-state index in [9.17, 15) is 12.8 Å². The molecular formula is C9H8FNO2S. The van der Waals surface area contributed by atoms with Gasteiger partial charge in [-0.1, -0.05) is 0 Å². The van der Waals surface area contributed by atoms with Gasteiger partial charge in [-0.3, -0.25) is 0 Å². The number of hydrogen-bond acceptors (Lipinski definition) is 3. The first-order valence-corrected chi connectivity index (χ1v) is 5.69. The fourth-order valence-electron chi connectivity index (χ4n) is 1.03. The summed E-state index contributed by atoms with van der Waals surface area (Å²) in [5, 5.41) is 8.38. The minimum Gasteiger partial charge on any atom is -0.224 e. The van der Waals surface area contributed by atoms with Crippen LogP contribution in [0.3, 0.4) is 0 Å². The van der Waals surface area contributed by atoms with E-state index in [1.54, 1.807) is 0 Å². The van der Waals surface area contributed by atoms with Gasteiger partial charge in [-0.05, 0) is 23.8 Å². The SMILES string of the molecule is CS(=O)(=O)c1cc(F)cc(CC#N)c1. The van der Waals surface area contributed by atoms with Crippen LogP contribution in [0.4, 0.5) is 4.39 Å². The summed E-state index contributed by atoms with van der Waals surface area (Å²) < 4.78 is 35.1. The molecule has 74 valence electrons. The van der Waals surface area contributed by atoms with Crippen molar-refractivity contribution in [2.45, 2.75) is 11.3 Å². The summed E-state index contributed by atoms with van der Waals surface area (Å²) in [6, 6.07) is 5.23. The molecule has 0 saturated carbocycles. The molecule has 0 aromatic heterocycles. The Morgan fingerprint density at radius 2 is 2.07 bits per heavy atom. The van der Waals surface area contributed by atoms with E-state index in [2.05, 4.69) is 0 Å². The minimum atomic E-state index is -3.42. The van der Waals surface area contributed by atoms with Gasteiger partial charge in [0.1, 0.15) is 5.82 Å². The number of halogens is 1. The molecule has 0 amide bonds. The Bertz CT molecular complexity index is 488. The highest BCUT2D eigenvalue weighted by molar-refractivity contribution is 7.90. The summed E-state index contributed by atoms with van der Waals surface area (Å²) >= 11 is 0. The van der Waals surface area contributed by atoms with E-state index in [-0.39, 0.29) is 11.3 Å². The zero-order valence-electron chi connectivity index (χ0n) is 7.49. The monoisotopic (exact) mass is 213 g/mol. The lowest BCUT2D eigenvalue weighted by atomic mass is 10.2. The van der Waals surface area contributed by atoms with Crippen molar-refractivity contribution in [3.63, 3.8) is 0 Å². The fraction of sp³-hybridized carbons (Fsp3) is 0.222. The number of nitrogens with zero attached hydrogens (tertiary/aromatic N) is 1. The van der Waals surface area contributed by atoms with Gasteiger partial charge in [-0.25, -0.2) is 12.8 Å². The lowest BCUT2D eigenvalue weighted by molar-refractivity contribution is 0.595. The van der Waals surface area contributed by atoms with Gasteiger partial charge in [-0.2, -0.15) is 5.26 Å². The van der Waals surface area contributed by atoms with E-state index in [0.717, 1.165) is 18.4 Å². The Morgan fingerprint density at radius 3 is 2.57 bits per heavy atom. The predicted molar refractivity (Wildman–Crippen MR) is 48.8 cm³/mol. The number of nitriles is 1. The Kier molecular flexibility index (Phi) is 2.87. The van der Waals surface area contributed by atoms with Crippen LogP contribution in [-0.4, -0.2) is 14.7 Å². The summed E-state index contributed by atoms with van der Waals surface area (Å²) in [7, 11) is -3.42. The standard InChI is InChI=1S/C9H8FNO2S/c1-14(12,13)9-5-7(2-3-11)4-8(10)6-9/h4-6H,2H2,1H3. The normalized spacial score (nSPS) is 10.9. The fourth-order valence-corrected chi connectivity index (χ4v) is 1.72. The molecule has 1 aromatic rings. The molecule has 0 N–H and O–H groups in total. The first-order chi connectivity index (χ1) is 6.43. The van der Waals surface area contributed by atoms with Crippen LogP contribution in [0, 0.1) is 17.1 Å². The molecule has 14 heavy (non-hydrogen) atoms. The Hall–Kier alpha value is -1.41. The van der Waals surface area contributed by atoms with Crippen LogP contribution in [0.1, 0.15) is 5.56 Å². The average Bonchev–Trinajstić information content (AvgIpc) is 2.02. The van der Waals surface area contributed by atoms with Gasteiger partial charge in [0.05, 0.1) is 17.4 Å². The number of benzene rings is 1. The lowest BCUT2D eigenvalue weighted by Crippen LogP contribution is -1.99. The third-order valence-electron chi connectivity index (χ3n) is 1.64. The zero-order chi connectivity index (χ0) is 10.8. The molecule has 0 fully saturated rings.